The fourth-order valence-corrected chi connectivity index (χ4v) is 1.67. The highest BCUT2D eigenvalue weighted by molar-refractivity contribution is 6.30. The van der Waals surface area contributed by atoms with Crippen molar-refractivity contribution in [2.75, 3.05) is 19.0 Å². The van der Waals surface area contributed by atoms with Gasteiger partial charge in [0.2, 0.25) is 0 Å². The maximum Gasteiger partial charge on any atom is 0.326 e. The van der Waals surface area contributed by atoms with Crippen LogP contribution in [-0.4, -0.2) is 36.9 Å². The molecule has 0 fully saturated rings. The molecule has 0 aliphatic rings. The van der Waals surface area contributed by atoms with Gasteiger partial charge in [-0.2, -0.15) is 0 Å². The van der Waals surface area contributed by atoms with Crippen LogP contribution >= 0.6 is 11.6 Å². The number of methoxy groups -OCH3 is 1. The van der Waals surface area contributed by atoms with Crippen molar-refractivity contribution in [2.24, 2.45) is 0 Å². The Labute approximate surface area is 119 Å². The van der Waals surface area contributed by atoms with Crippen molar-refractivity contribution < 1.29 is 23.8 Å². The Hall–Kier alpha value is -1.86. The molecule has 0 saturated carbocycles. The first-order valence-corrected chi connectivity index (χ1v) is 6.05. The lowest BCUT2D eigenvalue weighted by Crippen LogP contribution is -2.43. The van der Waals surface area contributed by atoms with Gasteiger partial charge in [0.25, 0.3) is 0 Å². The van der Waals surface area contributed by atoms with E-state index in [1.54, 1.807) is 0 Å². The summed E-state index contributed by atoms with van der Waals surface area (Å²) in [6.07, 6.45) is 0.114. The van der Waals surface area contributed by atoms with Gasteiger partial charge in [-0.05, 0) is 18.2 Å². The van der Waals surface area contributed by atoms with Gasteiger partial charge < -0.3 is 20.5 Å². The van der Waals surface area contributed by atoms with Crippen molar-refractivity contribution in [1.82, 2.24) is 5.32 Å². The molecule has 0 spiro atoms. The number of rotatable bonds is 6. The van der Waals surface area contributed by atoms with Gasteiger partial charge in [-0.15, -0.1) is 0 Å². The van der Waals surface area contributed by atoms with E-state index in [4.69, 9.17) is 21.4 Å². The Morgan fingerprint density at radius 2 is 2.15 bits per heavy atom. The number of amides is 2. The quantitative estimate of drug-likeness (QED) is 0.751. The highest BCUT2D eigenvalue weighted by atomic mass is 35.5. The van der Waals surface area contributed by atoms with Crippen molar-refractivity contribution in [2.45, 2.75) is 12.5 Å². The molecular formula is C12H14ClFN2O4. The highest BCUT2D eigenvalue weighted by Crippen LogP contribution is 2.17. The second-order valence-corrected chi connectivity index (χ2v) is 4.37. The van der Waals surface area contributed by atoms with Gasteiger partial charge in [0.15, 0.2) is 0 Å². The molecule has 1 atom stereocenters. The number of hydrogen-bond donors (Lipinski definition) is 3. The highest BCUT2D eigenvalue weighted by Gasteiger charge is 2.19. The summed E-state index contributed by atoms with van der Waals surface area (Å²) in [6.45, 7) is 0.184. The summed E-state index contributed by atoms with van der Waals surface area (Å²) >= 11 is 5.64. The lowest BCUT2D eigenvalue weighted by molar-refractivity contribution is -0.139. The number of urea groups is 1. The summed E-state index contributed by atoms with van der Waals surface area (Å²) in [7, 11) is 1.42. The number of aliphatic carboxylic acids is 1. The van der Waals surface area contributed by atoms with E-state index in [0.29, 0.717) is 0 Å². The van der Waals surface area contributed by atoms with E-state index in [1.165, 1.54) is 13.2 Å². The molecular weight excluding hydrogens is 291 g/mol. The molecule has 0 aromatic heterocycles. The van der Waals surface area contributed by atoms with E-state index >= 15 is 0 Å². The molecule has 0 bridgehead atoms. The minimum atomic E-state index is -1.19. The van der Waals surface area contributed by atoms with Gasteiger partial charge in [0, 0.05) is 30.8 Å². The van der Waals surface area contributed by atoms with Crippen molar-refractivity contribution in [3.63, 3.8) is 0 Å². The number of anilines is 1. The Balaban J connectivity index is 2.63. The third-order valence-corrected chi connectivity index (χ3v) is 2.55. The SMILES string of the molecule is COCCC(NC(=O)Nc1cc(F)cc(Cl)c1)C(=O)O. The molecule has 20 heavy (non-hydrogen) atoms. The number of carboxylic acid groups (broad SMARTS) is 1. The minimum absolute atomic E-state index is 0.114. The number of ether oxygens (including phenoxy) is 1. The van der Waals surface area contributed by atoms with Crippen LogP contribution in [0.25, 0.3) is 0 Å². The second-order valence-electron chi connectivity index (χ2n) is 3.93. The van der Waals surface area contributed by atoms with E-state index in [2.05, 4.69) is 10.6 Å². The average molecular weight is 305 g/mol. The second kappa shape index (κ2) is 7.66. The number of hydrogen-bond acceptors (Lipinski definition) is 3. The molecule has 0 aliphatic carbocycles. The van der Waals surface area contributed by atoms with Crippen LogP contribution in [0.4, 0.5) is 14.9 Å². The minimum Gasteiger partial charge on any atom is -0.480 e. The zero-order valence-corrected chi connectivity index (χ0v) is 11.4. The van der Waals surface area contributed by atoms with Crippen LogP contribution < -0.4 is 10.6 Å². The van der Waals surface area contributed by atoms with Crippen molar-refractivity contribution >= 4 is 29.3 Å². The molecule has 6 nitrogen and oxygen atoms in total. The van der Waals surface area contributed by atoms with E-state index in [9.17, 15) is 14.0 Å². The number of carbonyl (C=O) groups excluding carboxylic acids is 1. The first kappa shape index (κ1) is 16.2. The largest absolute Gasteiger partial charge is 0.480 e. The Morgan fingerprint density at radius 1 is 1.45 bits per heavy atom. The molecule has 0 saturated heterocycles. The molecule has 110 valence electrons. The lowest BCUT2D eigenvalue weighted by atomic mass is 10.2. The van der Waals surface area contributed by atoms with E-state index in [0.717, 1.165) is 12.1 Å². The number of halogens is 2. The fourth-order valence-electron chi connectivity index (χ4n) is 1.44. The topological polar surface area (TPSA) is 87.7 Å². The first-order chi connectivity index (χ1) is 9.42. The van der Waals surface area contributed by atoms with Gasteiger partial charge in [-0.1, -0.05) is 11.6 Å². The normalized spacial score (nSPS) is 11.8. The Morgan fingerprint density at radius 3 is 2.70 bits per heavy atom. The molecule has 3 N–H and O–H groups in total. The first-order valence-electron chi connectivity index (χ1n) is 5.67. The van der Waals surface area contributed by atoms with Gasteiger partial charge in [-0.25, -0.2) is 14.0 Å². The predicted molar refractivity (Wildman–Crippen MR) is 71.5 cm³/mol. The standard InChI is InChI=1S/C12H14ClFN2O4/c1-20-3-2-10(11(17)18)16-12(19)15-9-5-7(13)4-8(14)6-9/h4-6,10H,2-3H2,1H3,(H,17,18)(H2,15,16,19). The number of carboxylic acids is 1. The van der Waals surface area contributed by atoms with E-state index in [-0.39, 0.29) is 23.7 Å². The van der Waals surface area contributed by atoms with E-state index < -0.39 is 23.9 Å². The molecule has 1 unspecified atom stereocenters. The summed E-state index contributed by atoms with van der Waals surface area (Å²) in [6, 6.07) is 1.63. The zero-order valence-electron chi connectivity index (χ0n) is 10.7. The number of benzene rings is 1. The maximum atomic E-state index is 13.1. The summed E-state index contributed by atoms with van der Waals surface area (Å²) < 4.78 is 17.8. The molecule has 0 radical (unpaired) electrons. The van der Waals surface area contributed by atoms with Gasteiger partial charge in [0.1, 0.15) is 11.9 Å². The van der Waals surface area contributed by atoms with Gasteiger partial charge in [-0.3, -0.25) is 0 Å². The van der Waals surface area contributed by atoms with Crippen molar-refractivity contribution in [3.05, 3.63) is 29.0 Å². The van der Waals surface area contributed by atoms with Gasteiger partial charge in [0.05, 0.1) is 0 Å². The molecule has 1 aromatic carbocycles. The molecule has 2 amide bonds. The Bertz CT molecular complexity index is 478. The van der Waals surface area contributed by atoms with Crippen LogP contribution in [0, 0.1) is 5.82 Å². The van der Waals surface area contributed by atoms with Crippen LogP contribution in [-0.2, 0) is 9.53 Å². The molecule has 0 heterocycles. The van der Waals surface area contributed by atoms with Crippen LogP contribution in [0.1, 0.15) is 6.42 Å². The average Bonchev–Trinajstić information content (AvgIpc) is 2.32. The lowest BCUT2D eigenvalue weighted by Gasteiger charge is -2.14. The van der Waals surface area contributed by atoms with Crippen LogP contribution in [0.15, 0.2) is 18.2 Å². The van der Waals surface area contributed by atoms with Gasteiger partial charge >= 0.3 is 12.0 Å². The third-order valence-electron chi connectivity index (χ3n) is 2.33. The molecule has 0 aliphatic heterocycles. The summed E-state index contributed by atoms with van der Waals surface area (Å²) in [5, 5.41) is 13.6. The van der Waals surface area contributed by atoms with Crippen LogP contribution in [0.2, 0.25) is 5.02 Å². The summed E-state index contributed by atoms with van der Waals surface area (Å²) in [5.74, 6) is -1.79. The number of nitrogens with one attached hydrogen (secondary N) is 2. The van der Waals surface area contributed by atoms with Crippen molar-refractivity contribution in [3.8, 4) is 0 Å². The molecule has 1 aromatic rings. The fraction of sp³-hybridized carbons (Fsp3) is 0.333. The Kier molecular flexibility index (Phi) is 6.20. The predicted octanol–water partition coefficient (Wildman–Crippen LogP) is 2.09. The smallest absolute Gasteiger partial charge is 0.326 e. The summed E-state index contributed by atoms with van der Waals surface area (Å²) in [5.41, 5.74) is 0.128. The summed E-state index contributed by atoms with van der Waals surface area (Å²) in [4.78, 5) is 22.5. The third kappa shape index (κ3) is 5.41. The number of carbonyl (C=O) groups is 2. The van der Waals surface area contributed by atoms with Crippen LogP contribution in [0.3, 0.4) is 0 Å². The van der Waals surface area contributed by atoms with E-state index in [1.807, 2.05) is 0 Å². The zero-order chi connectivity index (χ0) is 15.1. The van der Waals surface area contributed by atoms with Crippen LogP contribution in [0.5, 0.6) is 0 Å². The van der Waals surface area contributed by atoms with Crippen molar-refractivity contribution in [1.29, 1.82) is 0 Å². The monoisotopic (exact) mass is 304 g/mol. The molecule has 1 rings (SSSR count). The maximum absolute atomic E-state index is 13.1. The molecule has 8 heteroatoms.